The van der Waals surface area contributed by atoms with Crippen molar-refractivity contribution in [2.24, 2.45) is 0 Å². The maximum Gasteiger partial charge on any atom is 0.265 e. The van der Waals surface area contributed by atoms with Gasteiger partial charge in [0.15, 0.2) is 6.10 Å². The molecule has 1 N–H and O–H groups in total. The molecule has 0 unspecified atom stereocenters. The van der Waals surface area contributed by atoms with E-state index in [0.29, 0.717) is 11.3 Å². The van der Waals surface area contributed by atoms with Crippen LogP contribution in [0.3, 0.4) is 0 Å². The molecule has 134 valence electrons. The fraction of sp³-hybridized carbons (Fsp3) is 0.130. The summed E-state index contributed by atoms with van der Waals surface area (Å²) in [5, 5.41) is 11.7. The quantitative estimate of drug-likeness (QED) is 0.704. The van der Waals surface area contributed by atoms with Gasteiger partial charge >= 0.3 is 0 Å². The summed E-state index contributed by atoms with van der Waals surface area (Å²) in [7, 11) is 0. The number of nitrogens with one attached hydrogen (secondary N) is 1. The number of nitrogens with zero attached hydrogens (tertiary/aromatic N) is 1. The lowest BCUT2D eigenvalue weighted by atomic mass is 10.0. The van der Waals surface area contributed by atoms with E-state index in [1.807, 2.05) is 67.6 Å². The lowest BCUT2D eigenvalue weighted by Crippen LogP contribution is -2.30. The van der Waals surface area contributed by atoms with E-state index in [9.17, 15) is 4.79 Å². The molecular formula is C23H20N2O2. The molecule has 0 saturated heterocycles. The Morgan fingerprint density at radius 3 is 2.04 bits per heavy atom. The number of benzene rings is 3. The molecule has 0 aliphatic rings. The van der Waals surface area contributed by atoms with Crippen molar-refractivity contribution in [3.05, 3.63) is 83.9 Å². The molecule has 1 atom stereocenters. The maximum atomic E-state index is 12.3. The van der Waals surface area contributed by atoms with Crippen LogP contribution < -0.4 is 10.1 Å². The summed E-state index contributed by atoms with van der Waals surface area (Å²) < 4.78 is 5.74. The number of anilines is 1. The zero-order valence-electron chi connectivity index (χ0n) is 15.3. The van der Waals surface area contributed by atoms with Gasteiger partial charge in [-0.05, 0) is 61.4 Å². The second-order valence-electron chi connectivity index (χ2n) is 6.33. The molecule has 0 saturated carbocycles. The van der Waals surface area contributed by atoms with E-state index in [1.54, 1.807) is 19.1 Å². The molecule has 0 heterocycles. The van der Waals surface area contributed by atoms with E-state index in [4.69, 9.17) is 10.00 Å². The Morgan fingerprint density at radius 1 is 0.926 bits per heavy atom. The van der Waals surface area contributed by atoms with E-state index in [2.05, 4.69) is 11.4 Å². The maximum absolute atomic E-state index is 12.3. The average Bonchev–Trinajstić information content (AvgIpc) is 2.70. The predicted molar refractivity (Wildman–Crippen MR) is 106 cm³/mol. The number of hydrogen-bond donors (Lipinski definition) is 1. The third kappa shape index (κ3) is 4.74. The van der Waals surface area contributed by atoms with Gasteiger partial charge in [-0.3, -0.25) is 4.79 Å². The second-order valence-corrected chi connectivity index (χ2v) is 6.33. The van der Waals surface area contributed by atoms with Crippen LogP contribution in [0.1, 0.15) is 18.1 Å². The molecule has 4 heteroatoms. The number of amides is 1. The van der Waals surface area contributed by atoms with Crippen molar-refractivity contribution in [3.63, 3.8) is 0 Å². The Hall–Kier alpha value is -3.58. The van der Waals surface area contributed by atoms with Crippen LogP contribution in [-0.2, 0) is 4.79 Å². The molecule has 0 aliphatic heterocycles. The van der Waals surface area contributed by atoms with E-state index in [1.165, 1.54) is 0 Å². The predicted octanol–water partition coefficient (Wildman–Crippen LogP) is 4.94. The molecule has 0 aliphatic carbocycles. The first kappa shape index (κ1) is 18.2. The summed E-state index contributed by atoms with van der Waals surface area (Å²) in [4.78, 5) is 12.3. The SMILES string of the molecule is Cc1ccc(NC(=O)[C@H](C)Oc2ccc(-c3ccc(C#N)cc3)cc2)cc1. The monoisotopic (exact) mass is 356 g/mol. The molecule has 3 aromatic rings. The standard InChI is InChI=1S/C23H20N2O2/c1-16-3-11-21(12-4-16)25-23(26)17(2)27-22-13-9-20(10-14-22)19-7-5-18(15-24)6-8-19/h3-14,17H,1-2H3,(H,25,26)/t17-/m0/s1. The molecule has 0 aromatic heterocycles. The number of nitriles is 1. The lowest BCUT2D eigenvalue weighted by Gasteiger charge is -2.15. The van der Waals surface area contributed by atoms with Gasteiger partial charge in [0.1, 0.15) is 5.75 Å². The van der Waals surface area contributed by atoms with Crippen LogP contribution in [0.2, 0.25) is 0 Å². The van der Waals surface area contributed by atoms with Gasteiger partial charge in [0.05, 0.1) is 11.6 Å². The molecule has 0 radical (unpaired) electrons. The van der Waals surface area contributed by atoms with Crippen LogP contribution in [-0.4, -0.2) is 12.0 Å². The summed E-state index contributed by atoms with van der Waals surface area (Å²) in [5.74, 6) is 0.425. The van der Waals surface area contributed by atoms with Gasteiger partial charge in [0.25, 0.3) is 5.91 Å². The Labute approximate surface area is 159 Å². The van der Waals surface area contributed by atoms with Crippen molar-refractivity contribution in [3.8, 4) is 22.9 Å². The highest BCUT2D eigenvalue weighted by Gasteiger charge is 2.15. The number of aryl methyl sites for hydroxylation is 1. The van der Waals surface area contributed by atoms with Crippen LogP contribution in [0.5, 0.6) is 5.75 Å². The van der Waals surface area contributed by atoms with E-state index in [0.717, 1.165) is 22.4 Å². The largest absolute Gasteiger partial charge is 0.481 e. The fourth-order valence-corrected chi connectivity index (χ4v) is 2.60. The molecule has 0 fully saturated rings. The van der Waals surface area contributed by atoms with E-state index in [-0.39, 0.29) is 5.91 Å². The minimum atomic E-state index is -0.618. The van der Waals surface area contributed by atoms with E-state index >= 15 is 0 Å². The highest BCUT2D eigenvalue weighted by molar-refractivity contribution is 5.94. The number of carbonyl (C=O) groups is 1. The summed E-state index contributed by atoms with van der Waals surface area (Å²) in [6.45, 7) is 3.72. The first-order valence-corrected chi connectivity index (χ1v) is 8.70. The lowest BCUT2D eigenvalue weighted by molar-refractivity contribution is -0.122. The van der Waals surface area contributed by atoms with Gasteiger partial charge in [-0.25, -0.2) is 0 Å². The molecular weight excluding hydrogens is 336 g/mol. The molecule has 4 nitrogen and oxygen atoms in total. The topological polar surface area (TPSA) is 62.1 Å². The van der Waals surface area contributed by atoms with Crippen LogP contribution in [0, 0.1) is 18.3 Å². The second kappa shape index (κ2) is 8.20. The molecule has 3 rings (SSSR count). The highest BCUT2D eigenvalue weighted by atomic mass is 16.5. The summed E-state index contributed by atoms with van der Waals surface area (Å²) in [6.07, 6.45) is -0.618. The third-order valence-corrected chi connectivity index (χ3v) is 4.20. The molecule has 3 aromatic carbocycles. The summed E-state index contributed by atoms with van der Waals surface area (Å²) in [5.41, 5.74) is 4.55. The molecule has 1 amide bonds. The van der Waals surface area contributed by atoms with Crippen molar-refractivity contribution in [2.75, 3.05) is 5.32 Å². The van der Waals surface area contributed by atoms with E-state index < -0.39 is 6.10 Å². The Kier molecular flexibility index (Phi) is 5.53. The number of carbonyl (C=O) groups excluding carboxylic acids is 1. The number of hydrogen-bond acceptors (Lipinski definition) is 3. The number of rotatable bonds is 5. The van der Waals surface area contributed by atoms with Gasteiger partial charge in [0, 0.05) is 5.69 Å². The minimum absolute atomic E-state index is 0.199. The fourth-order valence-electron chi connectivity index (χ4n) is 2.60. The van der Waals surface area contributed by atoms with Crippen molar-refractivity contribution in [1.29, 1.82) is 5.26 Å². The Balaban J connectivity index is 1.62. The normalized spacial score (nSPS) is 11.3. The van der Waals surface area contributed by atoms with Crippen LogP contribution in [0.25, 0.3) is 11.1 Å². The van der Waals surface area contributed by atoms with Crippen molar-refractivity contribution in [2.45, 2.75) is 20.0 Å². The summed E-state index contributed by atoms with van der Waals surface area (Å²) >= 11 is 0. The number of ether oxygens (including phenoxy) is 1. The van der Waals surface area contributed by atoms with Crippen molar-refractivity contribution < 1.29 is 9.53 Å². The van der Waals surface area contributed by atoms with Gasteiger partial charge in [-0.15, -0.1) is 0 Å². The zero-order valence-corrected chi connectivity index (χ0v) is 15.3. The molecule has 0 spiro atoms. The van der Waals surface area contributed by atoms with Gasteiger partial charge < -0.3 is 10.1 Å². The molecule has 0 bridgehead atoms. The van der Waals surface area contributed by atoms with Crippen LogP contribution >= 0.6 is 0 Å². The van der Waals surface area contributed by atoms with Crippen molar-refractivity contribution in [1.82, 2.24) is 0 Å². The summed E-state index contributed by atoms with van der Waals surface area (Å²) in [6, 6.07) is 24.7. The van der Waals surface area contributed by atoms with Gasteiger partial charge in [-0.1, -0.05) is 42.0 Å². The van der Waals surface area contributed by atoms with Crippen LogP contribution in [0.4, 0.5) is 5.69 Å². The third-order valence-electron chi connectivity index (χ3n) is 4.20. The molecule has 27 heavy (non-hydrogen) atoms. The average molecular weight is 356 g/mol. The van der Waals surface area contributed by atoms with Crippen molar-refractivity contribution >= 4 is 11.6 Å². The first-order valence-electron chi connectivity index (χ1n) is 8.70. The van der Waals surface area contributed by atoms with Gasteiger partial charge in [-0.2, -0.15) is 5.26 Å². The Bertz CT molecular complexity index is 953. The Morgan fingerprint density at radius 2 is 1.48 bits per heavy atom. The minimum Gasteiger partial charge on any atom is -0.481 e. The zero-order chi connectivity index (χ0) is 19.2. The smallest absolute Gasteiger partial charge is 0.265 e. The van der Waals surface area contributed by atoms with Crippen LogP contribution in [0.15, 0.2) is 72.8 Å². The first-order chi connectivity index (χ1) is 13.0. The van der Waals surface area contributed by atoms with Gasteiger partial charge in [0.2, 0.25) is 0 Å². The highest BCUT2D eigenvalue weighted by Crippen LogP contribution is 2.23.